The number of carbonyl (C=O) groups is 1. The van der Waals surface area contributed by atoms with E-state index in [0.717, 1.165) is 0 Å². The van der Waals surface area contributed by atoms with Crippen LogP contribution in [-0.2, 0) is 5.75 Å². The Kier molecular flexibility index (Phi) is 4.20. The molecular formula is C8H3F5OS2. The Hall–Kier alpha value is -0.760. The molecule has 0 aliphatic rings. The Morgan fingerprint density at radius 1 is 0.938 bits per heavy atom. The van der Waals surface area contributed by atoms with Crippen molar-refractivity contribution in [2.45, 2.75) is 5.75 Å². The van der Waals surface area contributed by atoms with Crippen molar-refractivity contribution in [3.8, 4) is 0 Å². The summed E-state index contributed by atoms with van der Waals surface area (Å²) in [5.41, 5.74) is -1.04. The van der Waals surface area contributed by atoms with Gasteiger partial charge in [-0.1, -0.05) is 24.4 Å². The minimum atomic E-state index is -2.22. The first-order valence-corrected chi connectivity index (χ1v) is 5.15. The van der Waals surface area contributed by atoms with E-state index >= 15 is 0 Å². The van der Waals surface area contributed by atoms with Gasteiger partial charge in [-0.15, -0.1) is 0 Å². The summed E-state index contributed by atoms with van der Waals surface area (Å²) in [5.74, 6) is -10.8. The summed E-state index contributed by atoms with van der Waals surface area (Å²) < 4.78 is 63.1. The molecule has 1 rings (SSSR count). The monoisotopic (exact) mass is 274 g/mol. The minimum Gasteiger partial charge on any atom is -0.275 e. The number of benzene rings is 1. The van der Waals surface area contributed by atoms with E-state index in [-0.39, 0.29) is 0 Å². The molecule has 0 fully saturated rings. The van der Waals surface area contributed by atoms with Crippen LogP contribution < -0.4 is 0 Å². The molecule has 0 saturated carbocycles. The van der Waals surface area contributed by atoms with Crippen molar-refractivity contribution >= 4 is 28.8 Å². The van der Waals surface area contributed by atoms with E-state index in [2.05, 4.69) is 12.6 Å². The maximum Gasteiger partial charge on any atom is 0.243 e. The van der Waals surface area contributed by atoms with E-state index in [1.54, 1.807) is 0 Å². The number of thiol groups is 1. The van der Waals surface area contributed by atoms with Crippen LogP contribution in [0.3, 0.4) is 0 Å². The number of carbonyl (C=O) groups excluding carboxylic acids is 1. The van der Waals surface area contributed by atoms with Crippen molar-refractivity contribution in [2.75, 3.05) is 0 Å². The molecule has 0 heterocycles. The first kappa shape index (κ1) is 13.3. The van der Waals surface area contributed by atoms with Gasteiger partial charge in [0.2, 0.25) is 10.3 Å². The van der Waals surface area contributed by atoms with Crippen LogP contribution in [0, 0.1) is 29.1 Å². The van der Waals surface area contributed by atoms with Crippen LogP contribution in [0.5, 0.6) is 0 Å². The predicted molar refractivity (Wildman–Crippen MR) is 51.9 cm³/mol. The summed E-state index contributed by atoms with van der Waals surface area (Å²) in [4.78, 5) is 10.4. The first-order valence-electron chi connectivity index (χ1n) is 3.72. The van der Waals surface area contributed by atoms with Gasteiger partial charge in [0.1, 0.15) is 0 Å². The Bertz CT molecular complexity index is 420. The number of hydrogen-bond donors (Lipinski definition) is 1. The molecule has 0 radical (unpaired) electrons. The quantitative estimate of drug-likeness (QED) is 0.383. The molecule has 0 N–H and O–H groups in total. The standard InChI is InChI=1S/C8H3F5OS2/c9-3-2(1-16-8(14)15)4(10)6(12)7(13)5(3)11/h1H2,(H,14,15). The van der Waals surface area contributed by atoms with E-state index in [4.69, 9.17) is 0 Å². The van der Waals surface area contributed by atoms with Crippen molar-refractivity contribution in [3.05, 3.63) is 34.6 Å². The molecule has 0 aromatic heterocycles. The zero-order chi connectivity index (χ0) is 12.5. The smallest absolute Gasteiger partial charge is 0.243 e. The lowest BCUT2D eigenvalue weighted by molar-refractivity contribution is 0.277. The molecule has 0 unspecified atom stereocenters. The lowest BCUT2D eigenvalue weighted by Crippen LogP contribution is -2.06. The van der Waals surface area contributed by atoms with E-state index < -0.39 is 44.8 Å². The summed E-state index contributed by atoms with van der Waals surface area (Å²) in [5, 5.41) is 0. The molecule has 8 heteroatoms. The summed E-state index contributed by atoms with van der Waals surface area (Å²) in [6.45, 7) is 0. The van der Waals surface area contributed by atoms with Crippen LogP contribution in [-0.4, -0.2) is 4.45 Å². The van der Waals surface area contributed by atoms with Crippen LogP contribution in [0.25, 0.3) is 0 Å². The predicted octanol–water partition coefficient (Wildman–Crippen LogP) is 3.67. The Labute approximate surface area is 96.4 Å². The second-order valence-electron chi connectivity index (χ2n) is 2.60. The first-order chi connectivity index (χ1) is 7.36. The van der Waals surface area contributed by atoms with Crippen LogP contribution >= 0.6 is 24.4 Å². The van der Waals surface area contributed by atoms with Gasteiger partial charge in [0.25, 0.3) is 0 Å². The highest BCUT2D eigenvalue weighted by molar-refractivity contribution is 8.31. The number of rotatable bonds is 2. The molecule has 16 heavy (non-hydrogen) atoms. The Balaban J connectivity index is 3.23. The van der Waals surface area contributed by atoms with Gasteiger partial charge in [0.15, 0.2) is 23.3 Å². The highest BCUT2D eigenvalue weighted by Crippen LogP contribution is 2.26. The average molecular weight is 274 g/mol. The molecular weight excluding hydrogens is 271 g/mol. The van der Waals surface area contributed by atoms with Gasteiger partial charge >= 0.3 is 0 Å². The molecule has 0 aliphatic heterocycles. The highest BCUT2D eigenvalue weighted by atomic mass is 32.2. The van der Waals surface area contributed by atoms with Crippen molar-refractivity contribution < 1.29 is 26.7 Å². The second kappa shape index (κ2) is 5.05. The molecule has 0 amide bonds. The van der Waals surface area contributed by atoms with Crippen LogP contribution in [0.15, 0.2) is 0 Å². The fourth-order valence-corrected chi connectivity index (χ4v) is 1.63. The fraction of sp³-hybridized carbons (Fsp3) is 0.125. The summed E-state index contributed by atoms with van der Waals surface area (Å²) in [6, 6.07) is 0. The molecule has 0 aliphatic carbocycles. The van der Waals surface area contributed by atoms with Crippen LogP contribution in [0.4, 0.5) is 26.7 Å². The Morgan fingerprint density at radius 2 is 1.31 bits per heavy atom. The van der Waals surface area contributed by atoms with Gasteiger partial charge in [-0.2, -0.15) is 0 Å². The van der Waals surface area contributed by atoms with Crippen LogP contribution in [0.2, 0.25) is 0 Å². The van der Waals surface area contributed by atoms with Crippen molar-refractivity contribution in [3.63, 3.8) is 0 Å². The topological polar surface area (TPSA) is 17.1 Å². The van der Waals surface area contributed by atoms with Gasteiger partial charge in [0, 0.05) is 11.3 Å². The lowest BCUT2D eigenvalue weighted by Gasteiger charge is -2.06. The largest absolute Gasteiger partial charge is 0.275 e. The number of thioether (sulfide) groups is 1. The van der Waals surface area contributed by atoms with Gasteiger partial charge in [0.05, 0.1) is 0 Å². The molecule has 1 nitrogen and oxygen atoms in total. The average Bonchev–Trinajstić information content (AvgIpc) is 2.23. The molecule has 0 spiro atoms. The van der Waals surface area contributed by atoms with Crippen LogP contribution in [0.1, 0.15) is 5.56 Å². The molecule has 0 saturated heterocycles. The van der Waals surface area contributed by atoms with E-state index in [1.165, 1.54) is 0 Å². The number of hydrogen-bond acceptors (Lipinski definition) is 2. The van der Waals surface area contributed by atoms with Gasteiger partial charge < -0.3 is 0 Å². The summed E-state index contributed by atoms with van der Waals surface area (Å²) >= 11 is 3.61. The van der Waals surface area contributed by atoms with Gasteiger partial charge in [-0.3, -0.25) is 4.79 Å². The van der Waals surface area contributed by atoms with E-state index in [1.807, 2.05) is 0 Å². The summed E-state index contributed by atoms with van der Waals surface area (Å²) in [6.07, 6.45) is 0. The zero-order valence-corrected chi connectivity index (χ0v) is 9.07. The fourth-order valence-electron chi connectivity index (χ4n) is 0.911. The Morgan fingerprint density at radius 3 is 1.69 bits per heavy atom. The third kappa shape index (κ3) is 2.49. The van der Waals surface area contributed by atoms with Crippen molar-refractivity contribution in [1.29, 1.82) is 0 Å². The van der Waals surface area contributed by atoms with Crippen molar-refractivity contribution in [1.82, 2.24) is 0 Å². The molecule has 0 bridgehead atoms. The third-order valence-electron chi connectivity index (χ3n) is 1.64. The third-order valence-corrected chi connectivity index (χ3v) is 2.71. The SMILES string of the molecule is O=C(S)SCc1c(F)c(F)c(F)c(F)c1F. The minimum absolute atomic E-state index is 0.325. The lowest BCUT2D eigenvalue weighted by atomic mass is 10.2. The second-order valence-corrected chi connectivity index (χ2v) is 4.26. The summed E-state index contributed by atoms with van der Waals surface area (Å²) in [7, 11) is 0. The molecule has 0 atom stereocenters. The van der Waals surface area contributed by atoms with E-state index in [9.17, 15) is 26.7 Å². The maximum absolute atomic E-state index is 13.0. The molecule has 1 aromatic rings. The van der Waals surface area contributed by atoms with Gasteiger partial charge in [-0.05, 0) is 0 Å². The van der Waals surface area contributed by atoms with E-state index in [0.29, 0.717) is 11.8 Å². The normalized spacial score (nSPS) is 10.6. The van der Waals surface area contributed by atoms with Gasteiger partial charge in [-0.25, -0.2) is 22.0 Å². The molecule has 88 valence electrons. The van der Waals surface area contributed by atoms with Crippen molar-refractivity contribution in [2.24, 2.45) is 0 Å². The zero-order valence-electron chi connectivity index (χ0n) is 7.36. The number of halogens is 5. The molecule has 1 aromatic carbocycles. The maximum atomic E-state index is 13.0. The highest BCUT2D eigenvalue weighted by Gasteiger charge is 2.25.